The van der Waals surface area contributed by atoms with E-state index < -0.39 is 23.7 Å². The molecule has 1 atom stereocenters. The molecule has 3 nitrogen and oxygen atoms in total. The Morgan fingerprint density at radius 1 is 1.14 bits per heavy atom. The molecular weight excluding hydrogens is 305 g/mol. The molecule has 0 aliphatic heterocycles. The maximum atomic E-state index is 13.2. The summed E-state index contributed by atoms with van der Waals surface area (Å²) in [5.74, 6) is -0.896. The van der Waals surface area contributed by atoms with Gasteiger partial charge in [-0.15, -0.1) is 0 Å². The molecule has 1 unspecified atom stereocenters. The summed E-state index contributed by atoms with van der Waals surface area (Å²) in [6.07, 6.45) is -1.15. The highest BCUT2D eigenvalue weighted by atomic mass is 32.2. The van der Waals surface area contributed by atoms with Crippen LogP contribution in [0.15, 0.2) is 0 Å². The fraction of sp³-hybridized carbons (Fsp3) is 0.929. The lowest BCUT2D eigenvalue weighted by atomic mass is 9.75. The molecule has 124 valence electrons. The predicted octanol–water partition coefficient (Wildman–Crippen LogP) is 3.85. The van der Waals surface area contributed by atoms with E-state index in [1.54, 1.807) is 0 Å². The molecule has 0 aromatic carbocycles. The minimum Gasteiger partial charge on any atom is -0.481 e. The van der Waals surface area contributed by atoms with Gasteiger partial charge in [-0.2, -0.15) is 24.9 Å². The third kappa shape index (κ3) is 5.70. The van der Waals surface area contributed by atoms with Crippen LogP contribution in [0, 0.1) is 5.92 Å². The Kier molecular flexibility index (Phi) is 7.33. The molecule has 1 rings (SSSR count). The third-order valence-electron chi connectivity index (χ3n) is 4.08. The van der Waals surface area contributed by atoms with Gasteiger partial charge in [0.05, 0.1) is 0 Å². The van der Waals surface area contributed by atoms with Crippen LogP contribution in [-0.2, 0) is 4.79 Å². The number of thioether (sulfide) groups is 1. The zero-order valence-electron chi connectivity index (χ0n) is 12.0. The summed E-state index contributed by atoms with van der Waals surface area (Å²) in [5.41, 5.74) is -2.59. The third-order valence-corrected chi connectivity index (χ3v) is 5.15. The molecule has 21 heavy (non-hydrogen) atoms. The Morgan fingerprint density at radius 2 is 1.76 bits per heavy atom. The molecule has 0 radical (unpaired) electrons. The fourth-order valence-corrected chi connectivity index (χ4v) is 3.82. The molecular formula is C14H23F3O3S. The summed E-state index contributed by atoms with van der Waals surface area (Å²) < 4.78 is 39.7. The number of aliphatic hydroxyl groups is 1. The van der Waals surface area contributed by atoms with E-state index in [-0.39, 0.29) is 18.6 Å². The summed E-state index contributed by atoms with van der Waals surface area (Å²) in [6.45, 7) is 0. The van der Waals surface area contributed by atoms with Crippen LogP contribution in [0.4, 0.5) is 13.2 Å². The lowest BCUT2D eigenvalue weighted by molar-refractivity contribution is -0.283. The lowest BCUT2D eigenvalue weighted by Gasteiger charge is -2.39. The van der Waals surface area contributed by atoms with Crippen LogP contribution in [0.3, 0.4) is 0 Å². The van der Waals surface area contributed by atoms with Crippen molar-refractivity contribution in [2.75, 3.05) is 11.5 Å². The quantitative estimate of drug-likeness (QED) is 0.665. The summed E-state index contributed by atoms with van der Waals surface area (Å²) in [4.78, 5) is 10.3. The largest absolute Gasteiger partial charge is 0.481 e. The maximum Gasteiger partial charge on any atom is 0.417 e. The number of carboxylic acid groups (broad SMARTS) is 1. The first-order valence-electron chi connectivity index (χ1n) is 7.36. The van der Waals surface area contributed by atoms with E-state index >= 15 is 0 Å². The number of rotatable bonds is 8. The predicted molar refractivity (Wildman–Crippen MR) is 76.4 cm³/mol. The van der Waals surface area contributed by atoms with E-state index in [2.05, 4.69) is 0 Å². The van der Waals surface area contributed by atoms with Crippen LogP contribution in [-0.4, -0.2) is 39.5 Å². The van der Waals surface area contributed by atoms with Gasteiger partial charge in [-0.1, -0.05) is 19.3 Å². The van der Waals surface area contributed by atoms with Crippen molar-refractivity contribution in [3.05, 3.63) is 0 Å². The Morgan fingerprint density at radius 3 is 2.29 bits per heavy atom. The Labute approximate surface area is 127 Å². The molecule has 1 aliphatic rings. The van der Waals surface area contributed by atoms with Gasteiger partial charge < -0.3 is 10.2 Å². The van der Waals surface area contributed by atoms with Crippen LogP contribution in [0.2, 0.25) is 0 Å². The standard InChI is InChI=1S/C14H23F3O3S/c15-14(16,17)13(20,11-5-2-1-3-6-11)8-10-21-9-4-7-12(18)19/h11,20H,1-10H2,(H,18,19). The van der Waals surface area contributed by atoms with Gasteiger partial charge in [0.25, 0.3) is 0 Å². The van der Waals surface area contributed by atoms with Crippen molar-refractivity contribution >= 4 is 17.7 Å². The molecule has 0 bridgehead atoms. The minimum atomic E-state index is -4.60. The zero-order chi connectivity index (χ0) is 15.9. The fourth-order valence-electron chi connectivity index (χ4n) is 2.81. The Hall–Kier alpha value is -0.430. The highest BCUT2D eigenvalue weighted by molar-refractivity contribution is 7.99. The molecule has 1 saturated carbocycles. The number of hydrogen-bond acceptors (Lipinski definition) is 3. The van der Waals surface area contributed by atoms with Gasteiger partial charge in [-0.3, -0.25) is 4.79 Å². The van der Waals surface area contributed by atoms with Crippen molar-refractivity contribution in [2.45, 2.75) is 63.1 Å². The van der Waals surface area contributed by atoms with Gasteiger partial charge in [-0.05, 0) is 43.1 Å². The van der Waals surface area contributed by atoms with Gasteiger partial charge in [0.2, 0.25) is 0 Å². The second-order valence-corrected chi connectivity index (χ2v) is 6.84. The molecule has 0 amide bonds. The van der Waals surface area contributed by atoms with Crippen LogP contribution in [0.5, 0.6) is 0 Å². The van der Waals surface area contributed by atoms with Gasteiger partial charge in [-0.25, -0.2) is 0 Å². The van der Waals surface area contributed by atoms with E-state index in [1.165, 1.54) is 11.8 Å². The molecule has 1 aliphatic carbocycles. The first-order chi connectivity index (χ1) is 9.77. The number of hydrogen-bond donors (Lipinski definition) is 2. The molecule has 7 heteroatoms. The Bertz CT molecular complexity index is 330. The van der Waals surface area contributed by atoms with E-state index in [0.717, 1.165) is 19.3 Å². The molecule has 0 aromatic heterocycles. The molecule has 0 saturated heterocycles. The smallest absolute Gasteiger partial charge is 0.417 e. The maximum absolute atomic E-state index is 13.2. The van der Waals surface area contributed by atoms with Crippen molar-refractivity contribution in [1.29, 1.82) is 0 Å². The van der Waals surface area contributed by atoms with E-state index in [9.17, 15) is 23.1 Å². The van der Waals surface area contributed by atoms with Gasteiger partial charge >= 0.3 is 12.1 Å². The number of halogens is 3. The lowest BCUT2D eigenvalue weighted by Crippen LogP contribution is -2.52. The summed E-state index contributed by atoms with van der Waals surface area (Å²) in [5, 5.41) is 18.7. The first-order valence-corrected chi connectivity index (χ1v) is 8.51. The van der Waals surface area contributed by atoms with Gasteiger partial charge in [0.1, 0.15) is 0 Å². The average Bonchev–Trinajstić information content (AvgIpc) is 2.41. The van der Waals surface area contributed by atoms with Gasteiger partial charge in [0, 0.05) is 6.42 Å². The van der Waals surface area contributed by atoms with Crippen molar-refractivity contribution in [1.82, 2.24) is 0 Å². The second-order valence-electron chi connectivity index (χ2n) is 5.62. The SMILES string of the molecule is O=C(O)CCCSCCC(O)(C1CCCCC1)C(F)(F)F. The second kappa shape index (κ2) is 8.27. The minimum absolute atomic E-state index is 0.0269. The van der Waals surface area contributed by atoms with Gasteiger partial charge in [0.15, 0.2) is 5.60 Å². The van der Waals surface area contributed by atoms with E-state index in [1.807, 2.05) is 0 Å². The zero-order valence-corrected chi connectivity index (χ0v) is 12.8. The van der Waals surface area contributed by atoms with Crippen LogP contribution in [0.1, 0.15) is 51.4 Å². The highest BCUT2D eigenvalue weighted by Gasteiger charge is 2.57. The van der Waals surface area contributed by atoms with Crippen molar-refractivity contribution < 1.29 is 28.2 Å². The van der Waals surface area contributed by atoms with Crippen LogP contribution >= 0.6 is 11.8 Å². The molecule has 0 aromatic rings. The summed E-state index contributed by atoms with van der Waals surface area (Å²) in [7, 11) is 0. The molecule has 1 fully saturated rings. The van der Waals surface area contributed by atoms with Crippen LogP contribution < -0.4 is 0 Å². The number of carboxylic acids is 1. The molecule has 0 spiro atoms. The Balaban J connectivity index is 2.45. The number of alkyl halides is 3. The highest BCUT2D eigenvalue weighted by Crippen LogP contribution is 2.45. The normalized spacial score (nSPS) is 20.2. The topological polar surface area (TPSA) is 57.5 Å². The van der Waals surface area contributed by atoms with Crippen molar-refractivity contribution in [3.8, 4) is 0 Å². The van der Waals surface area contributed by atoms with Crippen molar-refractivity contribution in [2.24, 2.45) is 5.92 Å². The average molecular weight is 328 g/mol. The monoisotopic (exact) mass is 328 g/mol. The molecule has 2 N–H and O–H groups in total. The van der Waals surface area contributed by atoms with E-state index in [4.69, 9.17) is 5.11 Å². The number of carbonyl (C=O) groups is 1. The van der Waals surface area contributed by atoms with Crippen LogP contribution in [0.25, 0.3) is 0 Å². The summed E-state index contributed by atoms with van der Waals surface area (Å²) >= 11 is 1.28. The van der Waals surface area contributed by atoms with Crippen molar-refractivity contribution in [3.63, 3.8) is 0 Å². The number of aliphatic carboxylic acids is 1. The molecule has 0 heterocycles. The van der Waals surface area contributed by atoms with E-state index in [0.29, 0.717) is 25.0 Å². The first kappa shape index (κ1) is 18.6. The summed E-state index contributed by atoms with van der Waals surface area (Å²) in [6, 6.07) is 0.